The summed E-state index contributed by atoms with van der Waals surface area (Å²) >= 11 is 0. The predicted molar refractivity (Wildman–Crippen MR) is 146 cm³/mol. The van der Waals surface area contributed by atoms with Crippen molar-refractivity contribution in [3.05, 3.63) is 108 Å². The highest BCUT2D eigenvalue weighted by atomic mass is 16.5. The van der Waals surface area contributed by atoms with Gasteiger partial charge in [0.25, 0.3) is 0 Å². The number of aryl methyl sites for hydroxylation is 1. The number of carbonyl (C=O) groups is 1. The van der Waals surface area contributed by atoms with Gasteiger partial charge in [0.2, 0.25) is 0 Å². The molecule has 2 amide bonds. The third-order valence-corrected chi connectivity index (χ3v) is 5.98. The van der Waals surface area contributed by atoms with Gasteiger partial charge in [-0.15, -0.1) is 0 Å². The first kappa shape index (κ1) is 24.3. The topological polar surface area (TPSA) is 116 Å². The number of urea groups is 1. The zero-order valence-corrected chi connectivity index (χ0v) is 20.7. The molecular formula is C29H25N7O2. The maximum Gasteiger partial charge on any atom is 0.319 e. The van der Waals surface area contributed by atoms with E-state index in [0.29, 0.717) is 41.2 Å². The number of nitrogens with zero attached hydrogens (tertiary/aromatic N) is 4. The van der Waals surface area contributed by atoms with E-state index < -0.39 is 0 Å². The molecule has 188 valence electrons. The van der Waals surface area contributed by atoms with Crippen LogP contribution in [0.2, 0.25) is 0 Å². The minimum atomic E-state index is -0.318. The van der Waals surface area contributed by atoms with E-state index in [1.165, 1.54) is 6.20 Å². The Kier molecular flexibility index (Phi) is 7.13. The number of hydrogen-bond donors (Lipinski definition) is 3. The van der Waals surface area contributed by atoms with Crippen LogP contribution in [0.3, 0.4) is 0 Å². The number of benzene rings is 2. The number of para-hydroxylation sites is 1. The minimum Gasteiger partial charge on any atom is -0.457 e. The summed E-state index contributed by atoms with van der Waals surface area (Å²) in [6, 6.07) is 22.7. The third-order valence-electron chi connectivity index (χ3n) is 5.98. The van der Waals surface area contributed by atoms with Crippen LogP contribution in [-0.4, -0.2) is 27.2 Å². The summed E-state index contributed by atoms with van der Waals surface area (Å²) in [5.74, 6) is 1.45. The van der Waals surface area contributed by atoms with Gasteiger partial charge >= 0.3 is 6.03 Å². The second-order valence-electron chi connectivity index (χ2n) is 8.56. The number of amides is 2. The van der Waals surface area contributed by atoms with E-state index in [1.54, 1.807) is 23.1 Å². The molecule has 0 aliphatic heterocycles. The molecule has 5 aromatic rings. The summed E-state index contributed by atoms with van der Waals surface area (Å²) in [7, 11) is 0. The maximum atomic E-state index is 12.5. The SMILES string of the molecule is Cc1c(NC(=O)NCCc2ccncc2)cn2ncc(C#N)c(Nc3ccc(Oc4ccccc4)cc3)c12. The standard InChI is InChI=1S/C29H25N7O2/c1-20-26(35-29(37)32-16-13-21-11-14-31-15-12-21)19-36-28(20)27(22(17-30)18-33-36)34-23-7-9-25(10-8-23)38-24-5-3-2-4-6-24/h2-12,14-15,18-19,34H,13,16H2,1H3,(H2,32,35,37). The molecule has 9 heteroatoms. The lowest BCUT2D eigenvalue weighted by atomic mass is 10.1. The van der Waals surface area contributed by atoms with Gasteiger partial charge in [0.15, 0.2) is 0 Å². The fourth-order valence-corrected chi connectivity index (χ4v) is 4.04. The largest absolute Gasteiger partial charge is 0.457 e. The van der Waals surface area contributed by atoms with Crippen LogP contribution in [0.25, 0.3) is 5.52 Å². The van der Waals surface area contributed by atoms with Crippen LogP contribution in [0.5, 0.6) is 11.5 Å². The van der Waals surface area contributed by atoms with Gasteiger partial charge in [0.05, 0.1) is 34.8 Å². The summed E-state index contributed by atoms with van der Waals surface area (Å²) in [6.07, 6.45) is 7.39. The summed E-state index contributed by atoms with van der Waals surface area (Å²) in [6.45, 7) is 2.36. The quantitative estimate of drug-likeness (QED) is 0.246. The molecule has 0 aliphatic rings. The van der Waals surface area contributed by atoms with Gasteiger partial charge in [-0.1, -0.05) is 18.2 Å². The van der Waals surface area contributed by atoms with Crippen LogP contribution >= 0.6 is 0 Å². The van der Waals surface area contributed by atoms with Crippen LogP contribution in [0.15, 0.2) is 91.5 Å². The van der Waals surface area contributed by atoms with E-state index in [1.807, 2.05) is 73.7 Å². The lowest BCUT2D eigenvalue weighted by Gasteiger charge is -2.12. The monoisotopic (exact) mass is 503 g/mol. The van der Waals surface area contributed by atoms with Crippen molar-refractivity contribution in [1.29, 1.82) is 5.26 Å². The highest BCUT2D eigenvalue weighted by Gasteiger charge is 2.17. The molecule has 0 radical (unpaired) electrons. The zero-order valence-electron chi connectivity index (χ0n) is 20.7. The number of ether oxygens (including phenoxy) is 1. The smallest absolute Gasteiger partial charge is 0.319 e. The number of aromatic nitrogens is 3. The minimum absolute atomic E-state index is 0.318. The highest BCUT2D eigenvalue weighted by molar-refractivity contribution is 5.94. The number of fused-ring (bicyclic) bond motifs is 1. The number of anilines is 3. The zero-order chi connectivity index (χ0) is 26.3. The van der Waals surface area contributed by atoms with Crippen molar-refractivity contribution in [3.63, 3.8) is 0 Å². The van der Waals surface area contributed by atoms with Crippen molar-refractivity contribution in [2.75, 3.05) is 17.2 Å². The molecule has 3 N–H and O–H groups in total. The van der Waals surface area contributed by atoms with E-state index in [0.717, 1.165) is 22.6 Å². The summed E-state index contributed by atoms with van der Waals surface area (Å²) in [4.78, 5) is 16.6. The van der Waals surface area contributed by atoms with Gasteiger partial charge in [-0.05, 0) is 67.4 Å². The first-order chi connectivity index (χ1) is 18.6. The summed E-state index contributed by atoms with van der Waals surface area (Å²) < 4.78 is 7.52. The molecule has 5 rings (SSSR count). The molecule has 3 heterocycles. The maximum absolute atomic E-state index is 12.5. The van der Waals surface area contributed by atoms with E-state index in [2.05, 4.69) is 32.1 Å². The number of hydrogen-bond acceptors (Lipinski definition) is 6. The fraction of sp³-hybridized carbons (Fsp3) is 0.103. The van der Waals surface area contributed by atoms with Crippen molar-refractivity contribution in [2.24, 2.45) is 0 Å². The predicted octanol–water partition coefficient (Wildman–Crippen LogP) is 5.81. The number of nitriles is 1. The van der Waals surface area contributed by atoms with E-state index >= 15 is 0 Å². The second-order valence-corrected chi connectivity index (χ2v) is 8.56. The number of pyridine rings is 1. The number of nitrogens with one attached hydrogen (secondary N) is 3. The molecule has 9 nitrogen and oxygen atoms in total. The normalized spacial score (nSPS) is 10.5. The van der Waals surface area contributed by atoms with Gasteiger partial charge in [0, 0.05) is 30.2 Å². The Bertz CT molecular complexity index is 1590. The molecule has 0 fully saturated rings. The lowest BCUT2D eigenvalue weighted by molar-refractivity contribution is 0.252. The molecule has 3 aromatic heterocycles. The molecule has 2 aromatic carbocycles. The molecule has 38 heavy (non-hydrogen) atoms. The van der Waals surface area contributed by atoms with Gasteiger partial charge < -0.3 is 20.7 Å². The van der Waals surface area contributed by atoms with Crippen LogP contribution in [0, 0.1) is 18.3 Å². The fourth-order valence-electron chi connectivity index (χ4n) is 4.04. The Morgan fingerprint density at radius 1 is 1.03 bits per heavy atom. The molecule has 0 spiro atoms. The Labute approximate surface area is 219 Å². The highest BCUT2D eigenvalue weighted by Crippen LogP contribution is 2.33. The molecule has 0 aliphatic carbocycles. The Morgan fingerprint density at radius 2 is 1.76 bits per heavy atom. The lowest BCUT2D eigenvalue weighted by Crippen LogP contribution is -2.30. The van der Waals surface area contributed by atoms with E-state index in [4.69, 9.17) is 4.74 Å². The molecule has 0 saturated heterocycles. The van der Waals surface area contributed by atoms with Crippen LogP contribution in [0.4, 0.5) is 21.9 Å². The van der Waals surface area contributed by atoms with Gasteiger partial charge in [-0.3, -0.25) is 4.98 Å². The number of rotatable bonds is 8. The molecular weight excluding hydrogens is 478 g/mol. The Balaban J connectivity index is 1.32. The van der Waals surface area contributed by atoms with Gasteiger partial charge in [-0.25, -0.2) is 9.31 Å². The Hall–Kier alpha value is -5.36. The first-order valence-electron chi connectivity index (χ1n) is 12.1. The molecule has 0 saturated carbocycles. The van der Waals surface area contributed by atoms with Crippen molar-refractivity contribution in [1.82, 2.24) is 19.9 Å². The average Bonchev–Trinajstić information content (AvgIpc) is 3.26. The van der Waals surface area contributed by atoms with Crippen molar-refractivity contribution in [3.8, 4) is 17.6 Å². The van der Waals surface area contributed by atoms with Crippen LogP contribution in [0.1, 0.15) is 16.7 Å². The van der Waals surface area contributed by atoms with Gasteiger partial charge in [-0.2, -0.15) is 10.4 Å². The first-order valence-corrected chi connectivity index (χ1v) is 12.1. The summed E-state index contributed by atoms with van der Waals surface area (Å²) in [5, 5.41) is 23.2. The van der Waals surface area contributed by atoms with Crippen LogP contribution < -0.4 is 20.7 Å². The van der Waals surface area contributed by atoms with E-state index in [9.17, 15) is 10.1 Å². The molecule has 0 bridgehead atoms. The Morgan fingerprint density at radius 3 is 2.50 bits per heavy atom. The third kappa shape index (κ3) is 5.55. The number of carbonyl (C=O) groups excluding carboxylic acids is 1. The van der Waals surface area contributed by atoms with E-state index in [-0.39, 0.29) is 6.03 Å². The van der Waals surface area contributed by atoms with Crippen molar-refractivity contribution >= 4 is 28.6 Å². The van der Waals surface area contributed by atoms with Gasteiger partial charge in [0.1, 0.15) is 17.6 Å². The average molecular weight is 504 g/mol. The van der Waals surface area contributed by atoms with Crippen LogP contribution in [-0.2, 0) is 6.42 Å². The summed E-state index contributed by atoms with van der Waals surface area (Å²) in [5.41, 5.74) is 4.93. The van der Waals surface area contributed by atoms with Crippen molar-refractivity contribution in [2.45, 2.75) is 13.3 Å². The molecule has 0 unspecified atom stereocenters. The molecule has 0 atom stereocenters. The van der Waals surface area contributed by atoms with Crippen molar-refractivity contribution < 1.29 is 9.53 Å². The second kappa shape index (κ2) is 11.1.